The van der Waals surface area contributed by atoms with Crippen LogP contribution in [0.4, 0.5) is 0 Å². The van der Waals surface area contributed by atoms with Crippen molar-refractivity contribution >= 4 is 12.6 Å². The van der Waals surface area contributed by atoms with Gasteiger partial charge in [-0.05, 0) is 0 Å². The Labute approximate surface area is 58.5 Å². The second-order valence-electron chi connectivity index (χ2n) is 1.43. The maximum atomic E-state index is 4.71. The van der Waals surface area contributed by atoms with Crippen molar-refractivity contribution in [2.75, 3.05) is 7.11 Å². The topological polar surface area (TPSA) is 35.0 Å². The van der Waals surface area contributed by atoms with E-state index in [1.165, 1.54) is 7.11 Å². The third-order valence-electron chi connectivity index (χ3n) is 0.797. The Kier molecular flexibility index (Phi) is 1.89. The lowest BCUT2D eigenvalue weighted by Crippen LogP contribution is -1.89. The molecule has 0 aliphatic heterocycles. The molecule has 0 atom stereocenters. The van der Waals surface area contributed by atoms with Gasteiger partial charge < -0.3 is 4.74 Å². The van der Waals surface area contributed by atoms with Gasteiger partial charge in [0.25, 0.3) is 0 Å². The molecule has 0 saturated carbocycles. The molecule has 0 N–H and O–H groups in total. The van der Waals surface area contributed by atoms with Gasteiger partial charge in [0.2, 0.25) is 0 Å². The zero-order valence-electron chi connectivity index (χ0n) is 4.90. The van der Waals surface area contributed by atoms with Gasteiger partial charge in [0.1, 0.15) is 0 Å². The molecule has 48 valence electrons. The molecule has 0 radical (unpaired) electrons. The molecule has 0 unspecified atom stereocenters. The van der Waals surface area contributed by atoms with Crippen LogP contribution in [0.25, 0.3) is 0 Å². The number of thiol groups is 1. The van der Waals surface area contributed by atoms with Gasteiger partial charge in [-0.1, -0.05) is 0 Å². The van der Waals surface area contributed by atoms with Crippen molar-refractivity contribution in [3.05, 3.63) is 12.4 Å². The average molecular weight is 142 g/mol. The van der Waals surface area contributed by atoms with E-state index < -0.39 is 0 Å². The molecule has 1 rings (SSSR count). The molecule has 9 heavy (non-hydrogen) atoms. The molecule has 1 aromatic rings. The van der Waals surface area contributed by atoms with Crippen molar-refractivity contribution in [2.45, 2.75) is 4.90 Å². The Morgan fingerprint density at radius 2 is 2.00 bits per heavy atom. The molecule has 1 heterocycles. The first kappa shape index (κ1) is 6.35. The number of methoxy groups -OCH3 is 1. The Bertz CT molecular complexity index is 187. The van der Waals surface area contributed by atoms with Crippen molar-refractivity contribution in [2.24, 2.45) is 0 Å². The zero-order valence-corrected chi connectivity index (χ0v) is 5.80. The molecule has 0 aromatic carbocycles. The third-order valence-corrected chi connectivity index (χ3v) is 1.03. The maximum absolute atomic E-state index is 4.71. The molecule has 0 amide bonds. The second-order valence-corrected chi connectivity index (χ2v) is 1.94. The predicted molar refractivity (Wildman–Crippen MR) is 35.8 cm³/mol. The Hall–Kier alpha value is -0.770. The average Bonchev–Trinajstić information content (AvgIpc) is 1.90. The number of hydrogen-bond donors (Lipinski definition) is 1. The van der Waals surface area contributed by atoms with Gasteiger partial charge in [-0.25, -0.2) is 9.97 Å². The van der Waals surface area contributed by atoms with Gasteiger partial charge in [-0.15, -0.1) is 12.6 Å². The first-order chi connectivity index (χ1) is 4.33. The highest BCUT2D eigenvalue weighted by Gasteiger charge is 1.89. The lowest BCUT2D eigenvalue weighted by atomic mass is 10.7. The number of nitrogens with zero attached hydrogens (tertiary/aromatic N) is 2. The zero-order chi connectivity index (χ0) is 6.69. The normalized spacial score (nSPS) is 9.11. The Morgan fingerprint density at radius 1 is 1.44 bits per heavy atom. The van der Waals surface area contributed by atoms with Crippen molar-refractivity contribution in [1.29, 1.82) is 0 Å². The van der Waals surface area contributed by atoms with Gasteiger partial charge in [0.05, 0.1) is 7.11 Å². The number of hydrogen-bond acceptors (Lipinski definition) is 4. The van der Waals surface area contributed by atoms with E-state index in [1.54, 1.807) is 12.4 Å². The standard InChI is InChI=1S/C5H6N2OS/c1-8-5-6-2-4(9)3-7-5/h2-3,9H,1H3. The van der Waals surface area contributed by atoms with E-state index in [4.69, 9.17) is 4.74 Å². The van der Waals surface area contributed by atoms with Crippen molar-refractivity contribution in [3.8, 4) is 6.01 Å². The van der Waals surface area contributed by atoms with E-state index in [0.717, 1.165) is 4.90 Å². The van der Waals surface area contributed by atoms with Crippen molar-refractivity contribution in [3.63, 3.8) is 0 Å². The number of rotatable bonds is 1. The van der Waals surface area contributed by atoms with Gasteiger partial charge in [-0.2, -0.15) is 0 Å². The molecule has 0 fully saturated rings. The Balaban J connectivity index is 2.88. The fourth-order valence-corrected chi connectivity index (χ4v) is 0.530. The van der Waals surface area contributed by atoms with E-state index in [1.807, 2.05) is 0 Å². The highest BCUT2D eigenvalue weighted by atomic mass is 32.1. The predicted octanol–water partition coefficient (Wildman–Crippen LogP) is 0.774. The first-order valence-corrected chi connectivity index (χ1v) is 2.82. The quantitative estimate of drug-likeness (QED) is 0.588. The SMILES string of the molecule is COc1ncc(S)cn1. The minimum absolute atomic E-state index is 0.368. The van der Waals surface area contributed by atoms with Crippen molar-refractivity contribution < 1.29 is 4.74 Å². The summed E-state index contributed by atoms with van der Waals surface area (Å²) in [6.45, 7) is 0. The monoisotopic (exact) mass is 142 g/mol. The molecular weight excluding hydrogens is 136 g/mol. The molecule has 4 heteroatoms. The van der Waals surface area contributed by atoms with E-state index in [2.05, 4.69) is 22.6 Å². The van der Waals surface area contributed by atoms with Gasteiger partial charge in [0.15, 0.2) is 0 Å². The van der Waals surface area contributed by atoms with Crippen LogP contribution in [0.5, 0.6) is 6.01 Å². The van der Waals surface area contributed by atoms with Crippen LogP contribution in [0.3, 0.4) is 0 Å². The maximum Gasteiger partial charge on any atom is 0.316 e. The molecule has 0 aliphatic carbocycles. The molecule has 0 aliphatic rings. The van der Waals surface area contributed by atoms with Gasteiger partial charge >= 0.3 is 6.01 Å². The highest BCUT2D eigenvalue weighted by Crippen LogP contribution is 2.03. The Morgan fingerprint density at radius 3 is 2.44 bits per heavy atom. The summed E-state index contributed by atoms with van der Waals surface area (Å²) in [7, 11) is 1.52. The molecular formula is C5H6N2OS. The van der Waals surface area contributed by atoms with E-state index >= 15 is 0 Å². The molecule has 0 spiro atoms. The summed E-state index contributed by atoms with van der Waals surface area (Å²) >= 11 is 3.99. The summed E-state index contributed by atoms with van der Waals surface area (Å²) in [5.74, 6) is 0. The molecule has 1 aromatic heterocycles. The smallest absolute Gasteiger partial charge is 0.316 e. The molecule has 0 saturated heterocycles. The largest absolute Gasteiger partial charge is 0.467 e. The summed E-state index contributed by atoms with van der Waals surface area (Å²) in [6, 6.07) is 0.368. The number of ether oxygens (including phenoxy) is 1. The minimum Gasteiger partial charge on any atom is -0.467 e. The van der Waals surface area contributed by atoms with E-state index in [9.17, 15) is 0 Å². The lowest BCUT2D eigenvalue weighted by Gasteiger charge is -1.93. The first-order valence-electron chi connectivity index (χ1n) is 2.38. The van der Waals surface area contributed by atoms with Crippen LogP contribution >= 0.6 is 12.6 Å². The fourth-order valence-electron chi connectivity index (χ4n) is 0.415. The third kappa shape index (κ3) is 1.57. The summed E-state index contributed by atoms with van der Waals surface area (Å²) in [4.78, 5) is 8.31. The number of aromatic nitrogens is 2. The van der Waals surface area contributed by atoms with Gasteiger partial charge in [-0.3, -0.25) is 0 Å². The van der Waals surface area contributed by atoms with Crippen molar-refractivity contribution in [1.82, 2.24) is 9.97 Å². The van der Waals surface area contributed by atoms with Gasteiger partial charge in [0, 0.05) is 17.3 Å². The van der Waals surface area contributed by atoms with Crippen LogP contribution < -0.4 is 4.74 Å². The minimum atomic E-state index is 0.368. The van der Waals surface area contributed by atoms with Crippen LogP contribution in [-0.4, -0.2) is 17.1 Å². The summed E-state index contributed by atoms with van der Waals surface area (Å²) < 4.78 is 4.71. The highest BCUT2D eigenvalue weighted by molar-refractivity contribution is 7.80. The summed E-state index contributed by atoms with van der Waals surface area (Å²) in [5.41, 5.74) is 0. The van der Waals surface area contributed by atoms with E-state index in [0.29, 0.717) is 6.01 Å². The van der Waals surface area contributed by atoms with Crippen LogP contribution in [0.1, 0.15) is 0 Å². The second kappa shape index (κ2) is 2.68. The van der Waals surface area contributed by atoms with Crippen LogP contribution in [0.15, 0.2) is 17.3 Å². The fraction of sp³-hybridized carbons (Fsp3) is 0.200. The van der Waals surface area contributed by atoms with Crippen LogP contribution in [-0.2, 0) is 0 Å². The van der Waals surface area contributed by atoms with Crippen LogP contribution in [0.2, 0.25) is 0 Å². The van der Waals surface area contributed by atoms with Crippen LogP contribution in [0, 0.1) is 0 Å². The lowest BCUT2D eigenvalue weighted by molar-refractivity contribution is 0.378. The summed E-state index contributed by atoms with van der Waals surface area (Å²) in [5, 5.41) is 0. The van der Waals surface area contributed by atoms with E-state index in [-0.39, 0.29) is 0 Å². The molecule has 0 bridgehead atoms. The molecule has 3 nitrogen and oxygen atoms in total. The summed E-state index contributed by atoms with van der Waals surface area (Å²) in [6.07, 6.45) is 3.16.